The fourth-order valence-electron chi connectivity index (χ4n) is 2.20. The van der Waals surface area contributed by atoms with Crippen molar-refractivity contribution in [2.24, 2.45) is 4.99 Å². The average molecular weight is 539 g/mol. The van der Waals surface area contributed by atoms with E-state index < -0.39 is 29.0 Å². The second kappa shape index (κ2) is 11.2. The van der Waals surface area contributed by atoms with E-state index in [1.807, 2.05) is 27.7 Å². The Morgan fingerprint density at radius 2 is 1.87 bits per heavy atom. The summed E-state index contributed by atoms with van der Waals surface area (Å²) in [5.41, 5.74) is -0.631. The Labute approximate surface area is 189 Å². The number of carbonyl (C=O) groups is 1. The number of anilines is 1. The number of nitrogens with zero attached hydrogens (tertiary/aromatic N) is 2. The molecule has 2 aromatic rings. The molecule has 0 unspecified atom stereocenters. The first-order valence-electron chi connectivity index (χ1n) is 9.02. The van der Waals surface area contributed by atoms with Crippen molar-refractivity contribution in [2.45, 2.75) is 39.7 Å². The van der Waals surface area contributed by atoms with Crippen LogP contribution in [0.15, 0.2) is 27.7 Å². The number of hydrogen-bond acceptors (Lipinski definition) is 4. The van der Waals surface area contributed by atoms with Crippen LogP contribution < -0.4 is 16.0 Å². The summed E-state index contributed by atoms with van der Waals surface area (Å²) in [6.45, 7) is 8.26. The first kappa shape index (κ1) is 25.7. The normalized spacial score (nSPS) is 11.6. The molecule has 0 fully saturated rings. The molecule has 11 heteroatoms. The molecule has 2 rings (SSSR count). The number of aromatic nitrogens is 1. The van der Waals surface area contributed by atoms with Crippen LogP contribution in [0.25, 0.3) is 0 Å². The van der Waals surface area contributed by atoms with Crippen LogP contribution >= 0.6 is 24.0 Å². The van der Waals surface area contributed by atoms with Crippen molar-refractivity contribution in [3.05, 3.63) is 47.4 Å². The van der Waals surface area contributed by atoms with Crippen molar-refractivity contribution in [3.63, 3.8) is 0 Å². The number of amides is 1. The van der Waals surface area contributed by atoms with Gasteiger partial charge in [-0.05, 0) is 19.1 Å². The zero-order chi connectivity index (χ0) is 21.6. The van der Waals surface area contributed by atoms with E-state index in [0.717, 1.165) is 17.9 Å². The molecule has 1 heterocycles. The van der Waals surface area contributed by atoms with E-state index in [-0.39, 0.29) is 42.5 Å². The van der Waals surface area contributed by atoms with Crippen LogP contribution in [0.4, 0.5) is 18.9 Å². The van der Waals surface area contributed by atoms with Crippen LogP contribution in [0.5, 0.6) is 0 Å². The van der Waals surface area contributed by atoms with Crippen LogP contribution in [0.1, 0.15) is 39.3 Å². The van der Waals surface area contributed by atoms with Crippen molar-refractivity contribution >= 4 is 41.5 Å². The number of aliphatic imine (C=N–C) groups is 1. The fourth-order valence-corrected chi connectivity index (χ4v) is 2.20. The second-order valence-corrected chi connectivity index (χ2v) is 7.19. The van der Waals surface area contributed by atoms with Crippen LogP contribution in [0, 0.1) is 17.5 Å². The average Bonchev–Trinajstić information content (AvgIpc) is 3.14. The Bertz CT molecular complexity index is 897. The van der Waals surface area contributed by atoms with Crippen LogP contribution in [0.3, 0.4) is 0 Å². The van der Waals surface area contributed by atoms with Crippen LogP contribution in [0.2, 0.25) is 0 Å². The molecule has 0 bridgehead atoms. The highest BCUT2D eigenvalue weighted by Gasteiger charge is 2.19. The van der Waals surface area contributed by atoms with Crippen molar-refractivity contribution < 1.29 is 22.4 Å². The maximum Gasteiger partial charge on any atom is 0.246 e. The number of hydrogen-bond donors (Lipinski definition) is 3. The van der Waals surface area contributed by atoms with E-state index >= 15 is 0 Å². The number of nitrogens with one attached hydrogen (secondary N) is 3. The van der Waals surface area contributed by atoms with Gasteiger partial charge in [-0.25, -0.2) is 23.1 Å². The van der Waals surface area contributed by atoms with Gasteiger partial charge in [0.1, 0.15) is 12.3 Å². The number of halogens is 4. The number of carbonyl (C=O) groups excluding carboxylic acids is 1. The Balaban J connectivity index is 0.00000450. The SMILES string of the molecule is CCNC(=NCC(=O)Nc1ccc(F)c(F)c1F)NCc1ncc(C(C)(C)C)o1.I. The van der Waals surface area contributed by atoms with E-state index in [4.69, 9.17) is 4.42 Å². The number of rotatable bonds is 6. The molecule has 166 valence electrons. The first-order valence-corrected chi connectivity index (χ1v) is 9.02. The van der Waals surface area contributed by atoms with Gasteiger partial charge in [0.25, 0.3) is 0 Å². The molecule has 0 atom stereocenters. The summed E-state index contributed by atoms with van der Waals surface area (Å²) in [6, 6.07) is 1.67. The minimum absolute atomic E-state index is 0. The van der Waals surface area contributed by atoms with Gasteiger partial charge in [0.05, 0.1) is 18.4 Å². The smallest absolute Gasteiger partial charge is 0.246 e. The number of benzene rings is 1. The lowest BCUT2D eigenvalue weighted by Crippen LogP contribution is -2.37. The Morgan fingerprint density at radius 3 is 2.47 bits per heavy atom. The maximum absolute atomic E-state index is 13.6. The molecular weight excluding hydrogens is 514 g/mol. The molecule has 3 N–H and O–H groups in total. The zero-order valence-electron chi connectivity index (χ0n) is 17.1. The van der Waals surface area contributed by atoms with Gasteiger partial charge >= 0.3 is 0 Å². The third-order valence-corrected chi connectivity index (χ3v) is 3.73. The topological polar surface area (TPSA) is 91.5 Å². The second-order valence-electron chi connectivity index (χ2n) is 7.19. The minimum Gasteiger partial charge on any atom is -0.443 e. The third-order valence-electron chi connectivity index (χ3n) is 3.73. The molecule has 30 heavy (non-hydrogen) atoms. The van der Waals surface area contributed by atoms with E-state index in [1.54, 1.807) is 6.20 Å². The summed E-state index contributed by atoms with van der Waals surface area (Å²) in [5.74, 6) is -3.65. The Morgan fingerprint density at radius 1 is 1.17 bits per heavy atom. The van der Waals surface area contributed by atoms with Gasteiger partial charge < -0.3 is 20.4 Å². The molecular formula is C19H25F3IN5O2. The highest BCUT2D eigenvalue weighted by atomic mass is 127. The van der Waals surface area contributed by atoms with E-state index in [2.05, 4.69) is 25.9 Å². The van der Waals surface area contributed by atoms with Crippen molar-refractivity contribution in [3.8, 4) is 0 Å². The molecule has 0 aliphatic carbocycles. The summed E-state index contributed by atoms with van der Waals surface area (Å²) in [5, 5.41) is 8.07. The summed E-state index contributed by atoms with van der Waals surface area (Å²) in [4.78, 5) is 20.2. The summed E-state index contributed by atoms with van der Waals surface area (Å²) >= 11 is 0. The van der Waals surface area contributed by atoms with Gasteiger partial charge in [-0.2, -0.15) is 0 Å². The van der Waals surface area contributed by atoms with E-state index in [0.29, 0.717) is 18.4 Å². The Kier molecular flexibility index (Phi) is 9.59. The van der Waals surface area contributed by atoms with Gasteiger partial charge in [0.15, 0.2) is 23.4 Å². The molecule has 0 saturated carbocycles. The van der Waals surface area contributed by atoms with Crippen LogP contribution in [-0.2, 0) is 16.8 Å². The minimum atomic E-state index is -1.65. The van der Waals surface area contributed by atoms with Gasteiger partial charge in [-0.3, -0.25) is 4.79 Å². The quantitative estimate of drug-likeness (QED) is 0.226. The van der Waals surface area contributed by atoms with Gasteiger partial charge in [0, 0.05) is 12.0 Å². The number of oxazole rings is 1. The molecule has 1 amide bonds. The highest BCUT2D eigenvalue weighted by molar-refractivity contribution is 14.0. The third kappa shape index (κ3) is 7.18. The lowest BCUT2D eigenvalue weighted by atomic mass is 9.94. The van der Waals surface area contributed by atoms with Crippen molar-refractivity contribution in [1.82, 2.24) is 15.6 Å². The Hall–Kier alpha value is -2.31. The van der Waals surface area contributed by atoms with E-state index in [1.165, 1.54) is 0 Å². The molecule has 7 nitrogen and oxygen atoms in total. The van der Waals surface area contributed by atoms with E-state index in [9.17, 15) is 18.0 Å². The maximum atomic E-state index is 13.6. The van der Waals surface area contributed by atoms with Gasteiger partial charge in [-0.1, -0.05) is 20.8 Å². The summed E-state index contributed by atoms with van der Waals surface area (Å²) < 4.78 is 45.5. The molecule has 0 radical (unpaired) electrons. The van der Waals surface area contributed by atoms with Crippen LogP contribution in [-0.4, -0.2) is 29.9 Å². The van der Waals surface area contributed by atoms with Gasteiger partial charge in [-0.15, -0.1) is 24.0 Å². The molecule has 0 aliphatic heterocycles. The zero-order valence-corrected chi connectivity index (χ0v) is 19.4. The molecule has 0 aliphatic rings. The summed E-state index contributed by atoms with van der Waals surface area (Å²) in [7, 11) is 0. The van der Waals surface area contributed by atoms with Crippen molar-refractivity contribution in [1.29, 1.82) is 0 Å². The molecule has 0 saturated heterocycles. The lowest BCUT2D eigenvalue weighted by Gasteiger charge is -2.13. The van der Waals surface area contributed by atoms with Crippen molar-refractivity contribution in [2.75, 3.05) is 18.4 Å². The standard InChI is InChI=1S/C19H24F3N5O2.HI/c1-5-23-18(26-10-15-24-8-13(29-15)19(2,3)4)25-9-14(28)27-12-7-6-11(20)16(21)17(12)22;/h6-8H,5,9-10H2,1-4H3,(H,27,28)(H2,23,25,26);1H. The monoisotopic (exact) mass is 539 g/mol. The highest BCUT2D eigenvalue weighted by Crippen LogP contribution is 2.22. The molecule has 0 spiro atoms. The predicted molar refractivity (Wildman–Crippen MR) is 118 cm³/mol. The lowest BCUT2D eigenvalue weighted by molar-refractivity contribution is -0.114. The predicted octanol–water partition coefficient (Wildman–Crippen LogP) is 3.70. The fraction of sp³-hybridized carbons (Fsp3) is 0.421. The molecule has 1 aromatic carbocycles. The summed E-state index contributed by atoms with van der Waals surface area (Å²) in [6.07, 6.45) is 1.66. The van der Waals surface area contributed by atoms with Gasteiger partial charge in [0.2, 0.25) is 11.8 Å². The molecule has 1 aromatic heterocycles. The number of guanidine groups is 1. The first-order chi connectivity index (χ1) is 13.6. The largest absolute Gasteiger partial charge is 0.443 e.